The van der Waals surface area contributed by atoms with Crippen molar-refractivity contribution in [1.82, 2.24) is 25.2 Å². The molecule has 1 aliphatic rings. The number of hydrogen-bond donors (Lipinski definition) is 4. The molecular weight excluding hydrogens is 366 g/mol. The van der Waals surface area contributed by atoms with Crippen molar-refractivity contribution >= 4 is 46.1 Å². The molecule has 9 nitrogen and oxygen atoms in total. The molecule has 0 aliphatic heterocycles. The number of nitrogens with one attached hydrogen (secondary N) is 4. The molecule has 0 atom stereocenters. The van der Waals surface area contributed by atoms with E-state index < -0.39 is 0 Å². The molecule has 3 aromatic rings. The van der Waals surface area contributed by atoms with Crippen LogP contribution in [0.15, 0.2) is 23.0 Å². The van der Waals surface area contributed by atoms with Crippen LogP contribution in [0.5, 0.6) is 0 Å². The smallest absolute Gasteiger partial charge is 0.256 e. The van der Waals surface area contributed by atoms with Crippen molar-refractivity contribution in [3.8, 4) is 0 Å². The van der Waals surface area contributed by atoms with Gasteiger partial charge in [-0.1, -0.05) is 0 Å². The predicted octanol–water partition coefficient (Wildman–Crippen LogP) is 1.83. The summed E-state index contributed by atoms with van der Waals surface area (Å²) in [6, 6.07) is 2.02. The van der Waals surface area contributed by atoms with Crippen molar-refractivity contribution in [1.29, 1.82) is 0 Å². The van der Waals surface area contributed by atoms with Crippen LogP contribution in [0.3, 0.4) is 0 Å². The number of anilines is 3. The molecule has 3 heterocycles. The Bertz CT molecular complexity index is 1020. The van der Waals surface area contributed by atoms with Crippen molar-refractivity contribution < 1.29 is 9.59 Å². The predicted molar refractivity (Wildman–Crippen MR) is 104 cm³/mol. The number of amides is 2. The Labute approximate surface area is 159 Å². The third-order valence-electron chi connectivity index (χ3n) is 4.28. The molecule has 0 radical (unpaired) electrons. The molecule has 1 saturated carbocycles. The van der Waals surface area contributed by atoms with Gasteiger partial charge in [0.2, 0.25) is 0 Å². The average Bonchev–Trinajstić information content (AvgIpc) is 3.19. The topological polar surface area (TPSA) is 112 Å². The highest BCUT2D eigenvalue weighted by atomic mass is 32.1. The molecule has 0 saturated heterocycles. The Kier molecular flexibility index (Phi) is 4.40. The third-order valence-corrected chi connectivity index (χ3v) is 5.03. The van der Waals surface area contributed by atoms with Crippen LogP contribution >= 0.6 is 11.3 Å². The molecule has 0 unspecified atom stereocenters. The molecule has 0 aromatic carbocycles. The average molecular weight is 385 g/mol. The SMILES string of the molecule is CNC(=O)c1cscc1Nc1cc(NC)n2ncc(C(=O)NC3CC3)c2n1. The molecule has 3 aromatic heterocycles. The van der Waals surface area contributed by atoms with E-state index in [1.54, 1.807) is 30.1 Å². The lowest BCUT2D eigenvalue weighted by atomic mass is 10.2. The van der Waals surface area contributed by atoms with Crippen LogP contribution in [0.2, 0.25) is 0 Å². The van der Waals surface area contributed by atoms with Gasteiger partial charge in [0, 0.05) is 37.0 Å². The summed E-state index contributed by atoms with van der Waals surface area (Å²) in [6.07, 6.45) is 3.53. The van der Waals surface area contributed by atoms with Crippen molar-refractivity contribution in [2.45, 2.75) is 18.9 Å². The second-order valence-corrected chi connectivity index (χ2v) is 6.96. The van der Waals surface area contributed by atoms with Crippen molar-refractivity contribution in [3.63, 3.8) is 0 Å². The molecule has 0 bridgehead atoms. The van der Waals surface area contributed by atoms with Crippen LogP contribution in [-0.2, 0) is 0 Å². The largest absolute Gasteiger partial charge is 0.373 e. The standard InChI is InChI=1S/C17H19N7O2S/c1-18-14-5-13(22-12-8-27-7-11(12)16(25)19-2)23-15-10(6-20-24(14)15)17(26)21-9-3-4-9/h5-9,18H,3-4H2,1-2H3,(H,19,25)(H,21,26)(H,22,23). The highest BCUT2D eigenvalue weighted by molar-refractivity contribution is 7.08. The quantitative estimate of drug-likeness (QED) is 0.515. The Morgan fingerprint density at radius 2 is 2.00 bits per heavy atom. The van der Waals surface area contributed by atoms with E-state index >= 15 is 0 Å². The molecule has 0 spiro atoms. The molecule has 4 N–H and O–H groups in total. The van der Waals surface area contributed by atoms with Gasteiger partial charge < -0.3 is 21.3 Å². The Morgan fingerprint density at radius 1 is 1.19 bits per heavy atom. The van der Waals surface area contributed by atoms with Gasteiger partial charge in [-0.15, -0.1) is 11.3 Å². The number of carbonyl (C=O) groups is 2. The van der Waals surface area contributed by atoms with E-state index in [-0.39, 0.29) is 17.9 Å². The second kappa shape index (κ2) is 6.88. The Balaban J connectivity index is 1.72. The lowest BCUT2D eigenvalue weighted by Gasteiger charge is -2.10. The summed E-state index contributed by atoms with van der Waals surface area (Å²) >= 11 is 1.42. The van der Waals surface area contributed by atoms with Gasteiger partial charge in [-0.25, -0.2) is 4.98 Å². The zero-order valence-corrected chi connectivity index (χ0v) is 15.7. The van der Waals surface area contributed by atoms with E-state index in [0.29, 0.717) is 34.1 Å². The molecule has 140 valence electrons. The van der Waals surface area contributed by atoms with Crippen LogP contribution in [0.1, 0.15) is 33.6 Å². The first-order valence-electron chi connectivity index (χ1n) is 8.53. The van der Waals surface area contributed by atoms with E-state index in [9.17, 15) is 9.59 Å². The molecular formula is C17H19N7O2S. The summed E-state index contributed by atoms with van der Waals surface area (Å²) in [7, 11) is 3.36. The van der Waals surface area contributed by atoms with E-state index in [4.69, 9.17) is 0 Å². The van der Waals surface area contributed by atoms with Gasteiger partial charge in [-0.05, 0) is 12.8 Å². The molecule has 1 aliphatic carbocycles. The first-order chi connectivity index (χ1) is 13.1. The van der Waals surface area contributed by atoms with Crippen LogP contribution in [0.4, 0.5) is 17.3 Å². The maximum atomic E-state index is 12.5. The summed E-state index contributed by atoms with van der Waals surface area (Å²) in [5.41, 5.74) is 2.05. The van der Waals surface area contributed by atoms with E-state index in [0.717, 1.165) is 12.8 Å². The highest BCUT2D eigenvalue weighted by Crippen LogP contribution is 2.27. The molecule has 2 amide bonds. The Hall–Kier alpha value is -3.14. The fourth-order valence-corrected chi connectivity index (χ4v) is 3.46. The number of fused-ring (bicyclic) bond motifs is 1. The Morgan fingerprint density at radius 3 is 2.70 bits per heavy atom. The minimum Gasteiger partial charge on any atom is -0.373 e. The minimum atomic E-state index is -0.180. The minimum absolute atomic E-state index is 0.178. The van der Waals surface area contributed by atoms with Gasteiger partial charge in [0.1, 0.15) is 17.2 Å². The first-order valence-corrected chi connectivity index (χ1v) is 9.47. The van der Waals surface area contributed by atoms with Crippen molar-refractivity contribution in [2.24, 2.45) is 0 Å². The first kappa shape index (κ1) is 17.3. The van der Waals surface area contributed by atoms with Gasteiger partial charge in [0.25, 0.3) is 11.8 Å². The maximum absolute atomic E-state index is 12.5. The van der Waals surface area contributed by atoms with Crippen molar-refractivity contribution in [2.75, 3.05) is 24.7 Å². The molecule has 4 rings (SSSR count). The molecule has 1 fully saturated rings. The summed E-state index contributed by atoms with van der Waals surface area (Å²) in [5.74, 6) is 0.823. The fraction of sp³-hybridized carbons (Fsp3) is 0.294. The molecule has 27 heavy (non-hydrogen) atoms. The van der Waals surface area contributed by atoms with Gasteiger partial charge >= 0.3 is 0 Å². The second-order valence-electron chi connectivity index (χ2n) is 6.22. The summed E-state index contributed by atoms with van der Waals surface area (Å²) < 4.78 is 1.58. The van der Waals surface area contributed by atoms with Gasteiger partial charge in [0.15, 0.2) is 5.65 Å². The van der Waals surface area contributed by atoms with Crippen molar-refractivity contribution in [3.05, 3.63) is 34.2 Å². The van der Waals surface area contributed by atoms with E-state index in [1.807, 2.05) is 5.38 Å². The monoisotopic (exact) mass is 385 g/mol. The van der Waals surface area contributed by atoms with E-state index in [1.165, 1.54) is 17.5 Å². The number of thiophene rings is 1. The number of carbonyl (C=O) groups excluding carboxylic acids is 2. The molecule has 10 heteroatoms. The summed E-state index contributed by atoms with van der Waals surface area (Å²) in [6.45, 7) is 0. The zero-order valence-electron chi connectivity index (χ0n) is 14.9. The summed E-state index contributed by atoms with van der Waals surface area (Å²) in [4.78, 5) is 29.0. The lowest BCUT2D eigenvalue weighted by Crippen LogP contribution is -2.25. The number of aromatic nitrogens is 3. The van der Waals surface area contributed by atoms with Crippen LogP contribution in [0, 0.1) is 0 Å². The number of nitrogens with zero attached hydrogens (tertiary/aromatic N) is 3. The van der Waals surface area contributed by atoms with E-state index in [2.05, 4.69) is 31.3 Å². The number of hydrogen-bond acceptors (Lipinski definition) is 7. The van der Waals surface area contributed by atoms with Crippen LogP contribution in [0.25, 0.3) is 5.65 Å². The fourth-order valence-electron chi connectivity index (χ4n) is 2.70. The maximum Gasteiger partial charge on any atom is 0.256 e. The number of rotatable bonds is 6. The van der Waals surface area contributed by atoms with Gasteiger partial charge in [-0.3, -0.25) is 9.59 Å². The van der Waals surface area contributed by atoms with Gasteiger partial charge in [-0.2, -0.15) is 9.61 Å². The summed E-state index contributed by atoms with van der Waals surface area (Å²) in [5, 5.41) is 19.7. The zero-order chi connectivity index (χ0) is 19.0. The van der Waals surface area contributed by atoms with Crippen LogP contribution in [-0.4, -0.2) is 46.5 Å². The third kappa shape index (κ3) is 3.31. The lowest BCUT2D eigenvalue weighted by molar-refractivity contribution is 0.0948. The van der Waals surface area contributed by atoms with Crippen LogP contribution < -0.4 is 21.3 Å². The van der Waals surface area contributed by atoms with Gasteiger partial charge in [0.05, 0.1) is 17.4 Å². The highest BCUT2D eigenvalue weighted by Gasteiger charge is 2.26. The normalized spacial score (nSPS) is 13.4.